The minimum absolute atomic E-state index is 0.427. The van der Waals surface area contributed by atoms with E-state index in [0.29, 0.717) is 0 Å². The van der Waals surface area contributed by atoms with E-state index < -0.39 is 11.0 Å². The molecule has 5 heteroatoms. The summed E-state index contributed by atoms with van der Waals surface area (Å²) in [4.78, 5) is 9.42. The van der Waals surface area contributed by atoms with Gasteiger partial charge >= 0.3 is 0 Å². The fraction of sp³-hybridized carbons (Fsp3) is 0.333. The second-order valence-electron chi connectivity index (χ2n) is 1.35. The van der Waals surface area contributed by atoms with Crippen molar-refractivity contribution in [1.82, 2.24) is 5.43 Å². The lowest BCUT2D eigenvalue weighted by Gasteiger charge is -1.91. The number of nitrogens with zero attached hydrogens (tertiary/aromatic N) is 2. The van der Waals surface area contributed by atoms with E-state index in [9.17, 15) is 10.1 Å². The van der Waals surface area contributed by atoms with Crippen molar-refractivity contribution in [2.75, 3.05) is 0 Å². The van der Waals surface area contributed by atoms with Crippen molar-refractivity contribution < 1.29 is 4.92 Å². The maximum Gasteiger partial charge on any atom is 0.273 e. The van der Waals surface area contributed by atoms with E-state index in [1.165, 1.54) is 12.8 Å². The number of rotatable bonds is 1. The van der Waals surface area contributed by atoms with Gasteiger partial charge in [-0.3, -0.25) is 15.5 Å². The minimum atomic E-state index is -0.741. The third-order valence-electron chi connectivity index (χ3n) is 0.791. The Bertz CT molecular complexity index is 132. The Labute approximate surface area is 45.5 Å². The second kappa shape index (κ2) is 1.77. The highest BCUT2D eigenvalue weighted by Gasteiger charge is 2.20. The van der Waals surface area contributed by atoms with Gasteiger partial charge in [-0.2, -0.15) is 5.10 Å². The number of hydrogen-bond donors (Lipinski definition) is 1. The van der Waals surface area contributed by atoms with Gasteiger partial charge in [0, 0.05) is 4.92 Å². The molecule has 0 saturated carbocycles. The van der Waals surface area contributed by atoms with Crippen molar-refractivity contribution in [2.24, 2.45) is 5.10 Å². The average molecular weight is 114 g/mol. The first kappa shape index (κ1) is 5.02. The van der Waals surface area contributed by atoms with Crippen LogP contribution in [0.3, 0.4) is 0 Å². The lowest BCUT2D eigenvalue weighted by Crippen LogP contribution is -2.20. The molecule has 1 N–H and O–H groups in total. The molecule has 0 aromatic heterocycles. The molecule has 1 radical (unpaired) electrons. The third kappa shape index (κ3) is 0.749. The number of hydrogen-bond acceptors (Lipinski definition) is 4. The molecule has 1 unspecified atom stereocenters. The highest BCUT2D eigenvalue weighted by atomic mass is 16.6. The molecular weight excluding hydrogens is 110 g/mol. The van der Waals surface area contributed by atoms with Crippen LogP contribution in [0.4, 0.5) is 0 Å². The van der Waals surface area contributed by atoms with Gasteiger partial charge in [-0.25, -0.2) is 0 Å². The van der Waals surface area contributed by atoms with Gasteiger partial charge in [-0.1, -0.05) is 0 Å². The van der Waals surface area contributed by atoms with Crippen molar-refractivity contribution in [1.29, 1.82) is 0 Å². The van der Waals surface area contributed by atoms with Gasteiger partial charge in [0.1, 0.15) is 6.54 Å². The highest BCUT2D eigenvalue weighted by Crippen LogP contribution is 1.93. The summed E-state index contributed by atoms with van der Waals surface area (Å²) in [5.74, 6) is 0. The molecule has 1 rings (SSSR count). The van der Waals surface area contributed by atoms with Crippen LogP contribution in [0.5, 0.6) is 0 Å². The molecule has 5 nitrogen and oxygen atoms in total. The van der Waals surface area contributed by atoms with Crippen LogP contribution < -0.4 is 5.43 Å². The normalized spacial score (nSPS) is 25.2. The van der Waals surface area contributed by atoms with E-state index in [-0.39, 0.29) is 0 Å². The summed E-state index contributed by atoms with van der Waals surface area (Å²) in [7, 11) is 0. The molecule has 1 heterocycles. The highest BCUT2D eigenvalue weighted by molar-refractivity contribution is 5.66. The summed E-state index contributed by atoms with van der Waals surface area (Å²) in [5.41, 5.74) is 2.36. The smallest absolute Gasteiger partial charge is 0.273 e. The molecule has 0 aromatic carbocycles. The monoisotopic (exact) mass is 114 g/mol. The molecule has 1 atom stereocenters. The summed E-state index contributed by atoms with van der Waals surface area (Å²) in [6.45, 7) is 1.31. The quantitative estimate of drug-likeness (QED) is 0.365. The molecule has 0 aliphatic carbocycles. The predicted octanol–water partition coefficient (Wildman–Crippen LogP) is -0.618. The summed E-state index contributed by atoms with van der Waals surface area (Å²) in [6.07, 6.45) is 1.24. The van der Waals surface area contributed by atoms with Gasteiger partial charge in [0.2, 0.25) is 0 Å². The summed E-state index contributed by atoms with van der Waals surface area (Å²) in [5, 5.41) is 13.3. The first-order valence-electron chi connectivity index (χ1n) is 2.06. The topological polar surface area (TPSA) is 67.5 Å². The average Bonchev–Trinajstić information content (AvgIpc) is 2.12. The minimum Gasteiger partial charge on any atom is -0.297 e. The van der Waals surface area contributed by atoms with Crippen LogP contribution in [-0.4, -0.2) is 17.2 Å². The van der Waals surface area contributed by atoms with Crippen LogP contribution in [0, 0.1) is 16.7 Å². The molecule has 0 spiro atoms. The zero-order valence-electron chi connectivity index (χ0n) is 3.94. The maximum absolute atomic E-state index is 9.84. The first-order chi connectivity index (χ1) is 3.80. The van der Waals surface area contributed by atoms with Gasteiger partial charge in [0.25, 0.3) is 6.04 Å². The Morgan fingerprint density at radius 3 is 2.88 bits per heavy atom. The van der Waals surface area contributed by atoms with Gasteiger partial charge in [-0.05, 0) is 0 Å². The van der Waals surface area contributed by atoms with Crippen molar-refractivity contribution in [2.45, 2.75) is 6.04 Å². The molecule has 1 aliphatic heterocycles. The van der Waals surface area contributed by atoms with E-state index in [0.717, 1.165) is 0 Å². The van der Waals surface area contributed by atoms with Gasteiger partial charge in [0.05, 0.1) is 6.21 Å². The molecular formula is C3H4N3O2. The van der Waals surface area contributed by atoms with Crippen molar-refractivity contribution in [3.05, 3.63) is 16.7 Å². The Kier molecular flexibility index (Phi) is 1.11. The van der Waals surface area contributed by atoms with Crippen molar-refractivity contribution >= 4 is 6.21 Å². The van der Waals surface area contributed by atoms with E-state index in [2.05, 4.69) is 10.5 Å². The van der Waals surface area contributed by atoms with Crippen LogP contribution in [0.2, 0.25) is 0 Å². The SMILES string of the molecule is O=[N+]([O-])C1[CH]NN=C1. The largest absolute Gasteiger partial charge is 0.297 e. The van der Waals surface area contributed by atoms with E-state index >= 15 is 0 Å². The molecule has 0 fully saturated rings. The number of nitrogens with one attached hydrogen (secondary N) is 1. The number of nitro groups is 1. The Morgan fingerprint density at radius 2 is 2.62 bits per heavy atom. The fourth-order valence-electron chi connectivity index (χ4n) is 0.397. The molecule has 8 heavy (non-hydrogen) atoms. The summed E-state index contributed by atoms with van der Waals surface area (Å²) in [6, 6.07) is -0.741. The van der Waals surface area contributed by atoms with Gasteiger partial charge in [-0.15, -0.1) is 0 Å². The van der Waals surface area contributed by atoms with E-state index in [1.807, 2.05) is 0 Å². The van der Waals surface area contributed by atoms with Crippen LogP contribution >= 0.6 is 0 Å². The second-order valence-corrected chi connectivity index (χ2v) is 1.35. The summed E-state index contributed by atoms with van der Waals surface area (Å²) >= 11 is 0. The Morgan fingerprint density at radius 1 is 1.88 bits per heavy atom. The predicted molar refractivity (Wildman–Crippen MR) is 26.7 cm³/mol. The van der Waals surface area contributed by atoms with Crippen LogP contribution in [-0.2, 0) is 0 Å². The molecule has 0 aromatic rings. The standard InChI is InChI=1S/C3H4N3O2/c7-6(8)3-1-4-5-2-3/h1-4H. The van der Waals surface area contributed by atoms with Crippen LogP contribution in [0.25, 0.3) is 0 Å². The Balaban J connectivity index is 2.48. The van der Waals surface area contributed by atoms with E-state index in [1.54, 1.807) is 0 Å². The summed E-state index contributed by atoms with van der Waals surface area (Å²) < 4.78 is 0. The van der Waals surface area contributed by atoms with E-state index in [4.69, 9.17) is 0 Å². The lowest BCUT2D eigenvalue weighted by atomic mass is 10.4. The van der Waals surface area contributed by atoms with Crippen LogP contribution in [0.1, 0.15) is 0 Å². The zero-order chi connectivity index (χ0) is 5.98. The third-order valence-corrected chi connectivity index (χ3v) is 0.791. The molecule has 0 bridgehead atoms. The maximum atomic E-state index is 9.84. The lowest BCUT2D eigenvalue weighted by molar-refractivity contribution is -0.492. The molecule has 43 valence electrons. The zero-order valence-corrected chi connectivity index (χ0v) is 3.94. The Hall–Kier alpha value is -1.13. The molecule has 1 aliphatic rings. The van der Waals surface area contributed by atoms with Crippen molar-refractivity contribution in [3.63, 3.8) is 0 Å². The molecule has 0 amide bonds. The van der Waals surface area contributed by atoms with Crippen molar-refractivity contribution in [3.8, 4) is 0 Å². The van der Waals surface area contributed by atoms with Crippen LogP contribution in [0.15, 0.2) is 5.10 Å². The number of hydrazone groups is 1. The molecule has 0 saturated heterocycles. The van der Waals surface area contributed by atoms with Gasteiger partial charge in [0.15, 0.2) is 0 Å². The van der Waals surface area contributed by atoms with Gasteiger partial charge < -0.3 is 0 Å². The first-order valence-corrected chi connectivity index (χ1v) is 2.06. The fourth-order valence-corrected chi connectivity index (χ4v) is 0.397.